The Morgan fingerprint density at radius 1 is 1.09 bits per heavy atom. The summed E-state index contributed by atoms with van der Waals surface area (Å²) in [6.45, 7) is 0.0456. The van der Waals surface area contributed by atoms with Crippen LogP contribution in [0.5, 0.6) is 17.2 Å². The molecule has 0 saturated carbocycles. The molecule has 3 aromatic rings. The van der Waals surface area contributed by atoms with Gasteiger partial charge in [0.15, 0.2) is 11.5 Å². The van der Waals surface area contributed by atoms with E-state index in [-0.39, 0.29) is 23.5 Å². The van der Waals surface area contributed by atoms with Gasteiger partial charge in [-0.1, -0.05) is 24.3 Å². The topological polar surface area (TPSA) is 129 Å². The lowest BCUT2D eigenvalue weighted by molar-refractivity contribution is -0.112. The maximum absolute atomic E-state index is 12.6. The molecule has 0 aliphatic rings. The first kappa shape index (κ1) is 22.9. The first-order valence-corrected chi connectivity index (χ1v) is 9.75. The number of carboxylic acid groups (broad SMARTS) is 1. The summed E-state index contributed by atoms with van der Waals surface area (Å²) in [5.74, 6) is -0.946. The molecule has 0 aliphatic heterocycles. The molecule has 0 unspecified atom stereocenters. The molecule has 0 saturated heterocycles. The summed E-state index contributed by atoms with van der Waals surface area (Å²) in [7, 11) is 1.46. The summed E-state index contributed by atoms with van der Waals surface area (Å²) >= 11 is 0. The van der Waals surface area contributed by atoms with Crippen LogP contribution in [0.4, 0.5) is 5.69 Å². The molecule has 3 aromatic carbocycles. The fourth-order valence-electron chi connectivity index (χ4n) is 2.96. The van der Waals surface area contributed by atoms with E-state index < -0.39 is 11.9 Å². The van der Waals surface area contributed by atoms with Crippen LogP contribution in [0.1, 0.15) is 21.5 Å². The molecule has 8 nitrogen and oxygen atoms in total. The fourth-order valence-corrected chi connectivity index (χ4v) is 2.96. The zero-order chi connectivity index (χ0) is 23.8. The number of carboxylic acids is 1. The van der Waals surface area contributed by atoms with Gasteiger partial charge in [0.05, 0.1) is 12.7 Å². The van der Waals surface area contributed by atoms with Gasteiger partial charge >= 0.3 is 5.97 Å². The van der Waals surface area contributed by atoms with Crippen molar-refractivity contribution in [3.8, 4) is 23.3 Å². The number of anilines is 1. The Labute approximate surface area is 189 Å². The maximum Gasteiger partial charge on any atom is 0.335 e. The third-order valence-corrected chi connectivity index (χ3v) is 4.58. The number of rotatable bonds is 8. The number of para-hydroxylation sites is 1. The lowest BCUT2D eigenvalue weighted by Crippen LogP contribution is -2.13. The van der Waals surface area contributed by atoms with Crippen molar-refractivity contribution < 1.29 is 29.3 Å². The number of methoxy groups -OCH3 is 1. The van der Waals surface area contributed by atoms with E-state index in [2.05, 4.69) is 5.32 Å². The number of hydrogen-bond acceptors (Lipinski definition) is 6. The molecule has 0 atom stereocenters. The van der Waals surface area contributed by atoms with E-state index in [0.717, 1.165) is 0 Å². The highest BCUT2D eigenvalue weighted by Gasteiger charge is 2.15. The molecule has 0 bridgehead atoms. The summed E-state index contributed by atoms with van der Waals surface area (Å²) in [5.41, 5.74) is 1.44. The Morgan fingerprint density at radius 3 is 2.48 bits per heavy atom. The van der Waals surface area contributed by atoms with Crippen LogP contribution in [0.25, 0.3) is 6.08 Å². The van der Waals surface area contributed by atoms with Crippen LogP contribution < -0.4 is 14.8 Å². The van der Waals surface area contributed by atoms with E-state index in [0.29, 0.717) is 28.3 Å². The zero-order valence-corrected chi connectivity index (χ0v) is 17.6. The van der Waals surface area contributed by atoms with Gasteiger partial charge < -0.3 is 25.0 Å². The fraction of sp³-hybridized carbons (Fsp3) is 0.0800. The van der Waals surface area contributed by atoms with Crippen LogP contribution >= 0.6 is 0 Å². The van der Waals surface area contributed by atoms with Gasteiger partial charge in [-0.05, 0) is 54.1 Å². The molecule has 0 aliphatic carbocycles. The Morgan fingerprint density at radius 2 is 1.82 bits per heavy atom. The predicted octanol–water partition coefficient (Wildman–Crippen LogP) is 4.22. The molecule has 0 fully saturated rings. The van der Waals surface area contributed by atoms with Gasteiger partial charge in [-0.15, -0.1) is 0 Å². The smallest absolute Gasteiger partial charge is 0.335 e. The number of ether oxygens (including phenoxy) is 2. The Bertz CT molecular complexity index is 1240. The van der Waals surface area contributed by atoms with Crippen LogP contribution in [0.3, 0.4) is 0 Å². The summed E-state index contributed by atoms with van der Waals surface area (Å²) in [6, 6.07) is 19.1. The van der Waals surface area contributed by atoms with Crippen molar-refractivity contribution >= 4 is 23.6 Å². The normalized spacial score (nSPS) is 10.7. The lowest BCUT2D eigenvalue weighted by Gasteiger charge is -2.14. The summed E-state index contributed by atoms with van der Waals surface area (Å²) < 4.78 is 11.3. The molecule has 0 radical (unpaired) electrons. The predicted molar refractivity (Wildman–Crippen MR) is 121 cm³/mol. The van der Waals surface area contributed by atoms with Gasteiger partial charge in [-0.2, -0.15) is 5.26 Å². The van der Waals surface area contributed by atoms with Gasteiger partial charge in [0.1, 0.15) is 24.0 Å². The average Bonchev–Trinajstić information content (AvgIpc) is 2.82. The van der Waals surface area contributed by atoms with E-state index in [1.807, 2.05) is 6.07 Å². The molecule has 0 heterocycles. The number of phenols is 1. The van der Waals surface area contributed by atoms with Gasteiger partial charge in [-0.3, -0.25) is 4.79 Å². The Hall–Kier alpha value is -4.77. The second-order valence-corrected chi connectivity index (χ2v) is 6.84. The summed E-state index contributed by atoms with van der Waals surface area (Å²) in [4.78, 5) is 23.8. The number of carbonyl (C=O) groups excluding carboxylic acids is 1. The maximum atomic E-state index is 12.6. The minimum atomic E-state index is -1.05. The second kappa shape index (κ2) is 10.5. The van der Waals surface area contributed by atoms with Crippen LogP contribution in [0.15, 0.2) is 72.3 Å². The highest BCUT2D eigenvalue weighted by Crippen LogP contribution is 2.33. The van der Waals surface area contributed by atoms with E-state index in [9.17, 15) is 20.0 Å². The molecule has 33 heavy (non-hydrogen) atoms. The molecule has 166 valence electrons. The monoisotopic (exact) mass is 444 g/mol. The van der Waals surface area contributed by atoms with Crippen molar-refractivity contribution in [3.63, 3.8) is 0 Å². The number of carbonyl (C=O) groups is 2. The highest BCUT2D eigenvalue weighted by molar-refractivity contribution is 6.09. The number of aromatic hydroxyl groups is 1. The minimum absolute atomic E-state index is 0.0456. The molecule has 3 N–H and O–H groups in total. The largest absolute Gasteiger partial charge is 0.508 e. The number of aromatic carboxylic acids is 1. The number of nitrogens with one attached hydrogen (secondary N) is 1. The number of nitrogens with zero attached hydrogens (tertiary/aromatic N) is 1. The van der Waals surface area contributed by atoms with Crippen molar-refractivity contribution in [2.24, 2.45) is 0 Å². The Kier molecular flexibility index (Phi) is 7.29. The first-order valence-electron chi connectivity index (χ1n) is 9.75. The van der Waals surface area contributed by atoms with Crippen LogP contribution in [0, 0.1) is 11.3 Å². The van der Waals surface area contributed by atoms with Crippen molar-refractivity contribution in [2.75, 3.05) is 12.4 Å². The third kappa shape index (κ3) is 5.89. The number of benzene rings is 3. The highest BCUT2D eigenvalue weighted by atomic mass is 16.5. The molecule has 0 spiro atoms. The van der Waals surface area contributed by atoms with Crippen molar-refractivity contribution in [2.45, 2.75) is 6.61 Å². The molecule has 0 aromatic heterocycles. The van der Waals surface area contributed by atoms with Crippen LogP contribution in [-0.4, -0.2) is 29.2 Å². The van der Waals surface area contributed by atoms with Gasteiger partial charge in [0.25, 0.3) is 5.91 Å². The minimum Gasteiger partial charge on any atom is -0.508 e. The average molecular weight is 444 g/mol. The zero-order valence-electron chi connectivity index (χ0n) is 17.6. The quantitative estimate of drug-likeness (QED) is 0.269. The first-order chi connectivity index (χ1) is 15.9. The van der Waals surface area contributed by atoms with Crippen molar-refractivity contribution in [1.82, 2.24) is 0 Å². The van der Waals surface area contributed by atoms with E-state index in [1.165, 1.54) is 49.6 Å². The molecule has 3 rings (SSSR count). The standard InChI is InChI=1S/C25H20N2O6/c1-32-22-7-3-5-17(23(22)33-15-16-4-2-6-18(12-16)25(30)31)13-19(14-26)24(29)27-20-8-10-21(28)11-9-20/h2-13,28H,15H2,1H3,(H,27,29)(H,30,31)/b19-13-. The number of amides is 1. The molecular weight excluding hydrogens is 424 g/mol. The van der Waals surface area contributed by atoms with E-state index in [1.54, 1.807) is 30.3 Å². The molecule has 8 heteroatoms. The lowest BCUT2D eigenvalue weighted by atomic mass is 10.1. The van der Waals surface area contributed by atoms with Crippen molar-refractivity contribution in [1.29, 1.82) is 5.26 Å². The number of phenolic OH excluding ortho intramolecular Hbond substituents is 1. The molecule has 1 amide bonds. The second-order valence-electron chi connectivity index (χ2n) is 6.84. The van der Waals surface area contributed by atoms with Gasteiger partial charge in [0.2, 0.25) is 0 Å². The van der Waals surface area contributed by atoms with Gasteiger partial charge in [0, 0.05) is 11.3 Å². The van der Waals surface area contributed by atoms with E-state index in [4.69, 9.17) is 14.6 Å². The van der Waals surface area contributed by atoms with E-state index >= 15 is 0 Å². The van der Waals surface area contributed by atoms with Crippen LogP contribution in [-0.2, 0) is 11.4 Å². The SMILES string of the molecule is COc1cccc(/C=C(/C#N)C(=O)Nc2ccc(O)cc2)c1OCc1cccc(C(=O)O)c1. The Balaban J connectivity index is 1.87. The number of hydrogen-bond donors (Lipinski definition) is 3. The third-order valence-electron chi connectivity index (χ3n) is 4.58. The summed E-state index contributed by atoms with van der Waals surface area (Å²) in [5, 5.41) is 30.7. The van der Waals surface area contributed by atoms with Crippen LogP contribution in [0.2, 0.25) is 0 Å². The van der Waals surface area contributed by atoms with Gasteiger partial charge in [-0.25, -0.2) is 4.79 Å². The summed E-state index contributed by atoms with van der Waals surface area (Å²) in [6.07, 6.45) is 1.38. The van der Waals surface area contributed by atoms with Crippen molar-refractivity contribution in [3.05, 3.63) is 89.0 Å². The molecular formula is C25H20N2O6. The number of nitriles is 1.